The summed E-state index contributed by atoms with van der Waals surface area (Å²) < 4.78 is 13.0. The molecule has 1 atom stereocenters. The third-order valence-corrected chi connectivity index (χ3v) is 5.79. The summed E-state index contributed by atoms with van der Waals surface area (Å²) in [6.07, 6.45) is 1.34. The summed E-state index contributed by atoms with van der Waals surface area (Å²) in [6.45, 7) is 7.40. The van der Waals surface area contributed by atoms with Crippen molar-refractivity contribution in [1.82, 2.24) is 20.9 Å². The molecule has 7 nitrogen and oxygen atoms in total. The molecule has 3 rings (SSSR count). The number of hydrogen-bond acceptors (Lipinski definition) is 4. The lowest BCUT2D eigenvalue weighted by molar-refractivity contribution is -0.123. The Bertz CT molecular complexity index is 870. The second-order valence-electron chi connectivity index (χ2n) is 8.25. The molecule has 0 aliphatic carbocycles. The number of benzene rings is 2. The molecule has 1 fully saturated rings. The Morgan fingerprint density at radius 1 is 0.970 bits per heavy atom. The van der Waals surface area contributed by atoms with Crippen LogP contribution in [0.4, 0.5) is 14.9 Å². The number of amides is 3. The summed E-state index contributed by atoms with van der Waals surface area (Å²) in [5.41, 5.74) is 2.03. The SMILES string of the molecule is CCCC(NC(=O)NCc1ccc(F)cc1)C(=O)NCCN1CCN(c2ccccc2)CC1. The van der Waals surface area contributed by atoms with E-state index in [0.29, 0.717) is 13.0 Å². The fourth-order valence-corrected chi connectivity index (χ4v) is 3.88. The van der Waals surface area contributed by atoms with Crippen molar-refractivity contribution in [3.63, 3.8) is 0 Å². The fraction of sp³-hybridized carbons (Fsp3) is 0.440. The molecule has 2 aromatic rings. The molecule has 0 saturated carbocycles. The number of piperazine rings is 1. The van der Waals surface area contributed by atoms with Crippen molar-refractivity contribution in [3.05, 3.63) is 66.0 Å². The highest BCUT2D eigenvalue weighted by atomic mass is 19.1. The Morgan fingerprint density at radius 2 is 1.67 bits per heavy atom. The first-order valence-corrected chi connectivity index (χ1v) is 11.6. The summed E-state index contributed by atoms with van der Waals surface area (Å²) in [5.74, 6) is -0.488. The average Bonchev–Trinajstić information content (AvgIpc) is 2.84. The number of carbonyl (C=O) groups excluding carboxylic acids is 2. The number of nitrogens with zero attached hydrogens (tertiary/aromatic N) is 2. The van der Waals surface area contributed by atoms with E-state index in [0.717, 1.165) is 44.7 Å². The Balaban J connectivity index is 1.36. The Hall–Kier alpha value is -3.13. The number of hydrogen-bond donors (Lipinski definition) is 3. The van der Waals surface area contributed by atoms with Gasteiger partial charge in [0.1, 0.15) is 11.9 Å². The molecular weight excluding hydrogens is 421 g/mol. The molecule has 3 amide bonds. The van der Waals surface area contributed by atoms with Crippen LogP contribution in [0.2, 0.25) is 0 Å². The van der Waals surface area contributed by atoms with Crippen molar-refractivity contribution in [3.8, 4) is 0 Å². The minimum Gasteiger partial charge on any atom is -0.369 e. The van der Waals surface area contributed by atoms with Crippen molar-refractivity contribution in [2.75, 3.05) is 44.2 Å². The van der Waals surface area contributed by atoms with Crippen molar-refractivity contribution in [2.24, 2.45) is 0 Å². The lowest BCUT2D eigenvalue weighted by Crippen LogP contribution is -2.52. The van der Waals surface area contributed by atoms with E-state index in [1.54, 1.807) is 12.1 Å². The van der Waals surface area contributed by atoms with Gasteiger partial charge in [-0.25, -0.2) is 9.18 Å². The van der Waals surface area contributed by atoms with E-state index in [1.807, 2.05) is 13.0 Å². The lowest BCUT2D eigenvalue weighted by atomic mass is 10.1. The van der Waals surface area contributed by atoms with Crippen LogP contribution in [-0.4, -0.2) is 62.1 Å². The monoisotopic (exact) mass is 455 g/mol. The van der Waals surface area contributed by atoms with E-state index in [1.165, 1.54) is 17.8 Å². The molecule has 1 heterocycles. The van der Waals surface area contributed by atoms with Crippen LogP contribution in [0.25, 0.3) is 0 Å². The molecule has 0 radical (unpaired) electrons. The van der Waals surface area contributed by atoms with Crippen LogP contribution in [0.15, 0.2) is 54.6 Å². The van der Waals surface area contributed by atoms with Gasteiger partial charge < -0.3 is 20.9 Å². The van der Waals surface area contributed by atoms with Crippen molar-refractivity contribution >= 4 is 17.6 Å². The maximum Gasteiger partial charge on any atom is 0.315 e. The predicted molar refractivity (Wildman–Crippen MR) is 129 cm³/mol. The summed E-state index contributed by atoms with van der Waals surface area (Å²) in [4.78, 5) is 29.6. The van der Waals surface area contributed by atoms with Crippen molar-refractivity contribution < 1.29 is 14.0 Å². The zero-order valence-electron chi connectivity index (χ0n) is 19.2. The largest absolute Gasteiger partial charge is 0.369 e. The fourth-order valence-electron chi connectivity index (χ4n) is 3.88. The Kier molecular flexibility index (Phi) is 9.50. The number of nitrogens with one attached hydrogen (secondary N) is 3. The van der Waals surface area contributed by atoms with E-state index in [-0.39, 0.29) is 18.3 Å². The molecule has 0 aromatic heterocycles. The first-order chi connectivity index (χ1) is 16.0. The van der Waals surface area contributed by atoms with Crippen LogP contribution in [-0.2, 0) is 11.3 Å². The van der Waals surface area contributed by atoms with Crippen LogP contribution in [0.5, 0.6) is 0 Å². The average molecular weight is 456 g/mol. The summed E-state index contributed by atoms with van der Waals surface area (Å²) in [7, 11) is 0. The molecule has 33 heavy (non-hydrogen) atoms. The standard InChI is InChI=1S/C25H34FN5O2/c1-2-6-23(29-25(33)28-19-20-9-11-21(26)12-10-20)24(32)27-13-14-30-15-17-31(18-16-30)22-7-4-3-5-8-22/h3-5,7-12,23H,2,6,13-19H2,1H3,(H,27,32)(H2,28,29,33). The van der Waals surface area contributed by atoms with E-state index >= 15 is 0 Å². The van der Waals surface area contributed by atoms with E-state index in [2.05, 4.69) is 50.0 Å². The number of para-hydroxylation sites is 1. The van der Waals surface area contributed by atoms with E-state index in [4.69, 9.17) is 0 Å². The van der Waals surface area contributed by atoms with Gasteiger partial charge in [0.15, 0.2) is 0 Å². The normalized spacial score (nSPS) is 15.0. The van der Waals surface area contributed by atoms with Crippen LogP contribution >= 0.6 is 0 Å². The minimum absolute atomic E-state index is 0.170. The highest BCUT2D eigenvalue weighted by molar-refractivity contribution is 5.86. The molecule has 8 heteroatoms. The van der Waals surface area contributed by atoms with Crippen LogP contribution in [0.1, 0.15) is 25.3 Å². The second-order valence-corrected chi connectivity index (χ2v) is 8.25. The van der Waals surface area contributed by atoms with Gasteiger partial charge in [-0.1, -0.05) is 43.7 Å². The minimum atomic E-state index is -0.585. The number of anilines is 1. The van der Waals surface area contributed by atoms with E-state index < -0.39 is 12.1 Å². The highest BCUT2D eigenvalue weighted by Crippen LogP contribution is 2.15. The summed E-state index contributed by atoms with van der Waals surface area (Å²) in [6, 6.07) is 15.3. The number of rotatable bonds is 10. The van der Waals surface area contributed by atoms with Gasteiger partial charge in [0.2, 0.25) is 5.91 Å². The van der Waals surface area contributed by atoms with Gasteiger partial charge in [0, 0.05) is 51.5 Å². The summed E-state index contributed by atoms with van der Waals surface area (Å²) in [5, 5.41) is 8.44. The topological polar surface area (TPSA) is 76.7 Å². The Labute approximate surface area is 195 Å². The van der Waals surface area contributed by atoms with Crippen molar-refractivity contribution in [1.29, 1.82) is 0 Å². The van der Waals surface area contributed by atoms with Gasteiger partial charge in [-0.3, -0.25) is 9.69 Å². The van der Waals surface area contributed by atoms with Crippen molar-refractivity contribution in [2.45, 2.75) is 32.4 Å². The molecule has 2 aromatic carbocycles. The molecule has 1 unspecified atom stereocenters. The van der Waals surface area contributed by atoms with Gasteiger partial charge in [0.05, 0.1) is 0 Å². The molecule has 1 aliphatic heterocycles. The first-order valence-electron chi connectivity index (χ1n) is 11.6. The van der Waals surface area contributed by atoms with E-state index in [9.17, 15) is 14.0 Å². The molecule has 3 N–H and O–H groups in total. The molecular formula is C25H34FN5O2. The first kappa shape index (κ1) is 24.5. The van der Waals surface area contributed by atoms with Gasteiger partial charge >= 0.3 is 6.03 Å². The number of urea groups is 1. The van der Waals surface area contributed by atoms with Gasteiger partial charge in [-0.15, -0.1) is 0 Å². The highest BCUT2D eigenvalue weighted by Gasteiger charge is 2.21. The molecule has 178 valence electrons. The maximum atomic E-state index is 13.0. The quantitative estimate of drug-likeness (QED) is 0.515. The van der Waals surface area contributed by atoms with Crippen LogP contribution in [0.3, 0.4) is 0 Å². The second kappa shape index (κ2) is 12.8. The third kappa shape index (κ3) is 8.05. The predicted octanol–water partition coefficient (Wildman–Crippen LogP) is 2.73. The van der Waals surface area contributed by atoms with Crippen LogP contribution in [0, 0.1) is 5.82 Å². The number of carbonyl (C=O) groups is 2. The van der Waals surface area contributed by atoms with Gasteiger partial charge in [-0.2, -0.15) is 0 Å². The number of halogens is 1. The molecule has 1 aliphatic rings. The van der Waals surface area contributed by atoms with Gasteiger partial charge in [0.25, 0.3) is 0 Å². The lowest BCUT2D eigenvalue weighted by Gasteiger charge is -2.36. The third-order valence-electron chi connectivity index (χ3n) is 5.79. The molecule has 1 saturated heterocycles. The zero-order chi connectivity index (χ0) is 23.5. The smallest absolute Gasteiger partial charge is 0.315 e. The van der Waals surface area contributed by atoms with Gasteiger partial charge in [-0.05, 0) is 36.2 Å². The summed E-state index contributed by atoms with van der Waals surface area (Å²) >= 11 is 0. The Morgan fingerprint density at radius 3 is 2.33 bits per heavy atom. The molecule has 0 bridgehead atoms. The maximum absolute atomic E-state index is 13.0. The van der Waals surface area contributed by atoms with Crippen LogP contribution < -0.4 is 20.9 Å². The molecule has 0 spiro atoms. The zero-order valence-corrected chi connectivity index (χ0v) is 19.2.